The van der Waals surface area contributed by atoms with Gasteiger partial charge in [-0.05, 0) is 6.92 Å². The van der Waals surface area contributed by atoms with Crippen LogP contribution in [0.3, 0.4) is 0 Å². The van der Waals surface area contributed by atoms with E-state index in [1.54, 1.807) is 12.1 Å². The number of halogens is 1. The summed E-state index contributed by atoms with van der Waals surface area (Å²) in [5, 5.41) is 1.35. The van der Waals surface area contributed by atoms with Crippen LogP contribution in [0.15, 0.2) is 24.3 Å². The lowest BCUT2D eigenvalue weighted by Gasteiger charge is -2.04. The van der Waals surface area contributed by atoms with E-state index in [1.165, 1.54) is 0 Å². The van der Waals surface area contributed by atoms with Crippen LogP contribution in [0.1, 0.15) is 21.0 Å². The molecule has 0 unspecified atom stereocenters. The first-order valence-electron chi connectivity index (χ1n) is 5.00. The normalized spacial score (nSPS) is 9.60. The Hall–Kier alpha value is -1.64. The molecule has 0 aliphatic carbocycles. The number of fused-ring (bicyclic) bond motifs is 1. The second-order valence-corrected chi connectivity index (χ2v) is 2.94. The van der Waals surface area contributed by atoms with Crippen LogP contribution in [0, 0.1) is 12.7 Å². The van der Waals surface area contributed by atoms with E-state index in [-0.39, 0.29) is 7.24 Å². The Labute approximate surface area is 90.4 Å². The van der Waals surface area contributed by atoms with E-state index in [0.717, 1.165) is 11.1 Å². The molecule has 1 aromatic carbocycles. The molecule has 2 aromatic rings. The van der Waals surface area contributed by atoms with Crippen LogP contribution in [0.5, 0.6) is 0 Å². The number of nitrogen functional groups attached to an aromatic ring is 1. The van der Waals surface area contributed by atoms with Crippen LogP contribution in [0.2, 0.25) is 0 Å². The maximum absolute atomic E-state index is 13.4. The first-order valence-corrected chi connectivity index (χ1v) is 5.00. The molecular formula is C12H17FN2. The van der Waals surface area contributed by atoms with Crippen molar-refractivity contribution in [3.05, 3.63) is 35.8 Å². The van der Waals surface area contributed by atoms with Crippen LogP contribution >= 0.6 is 0 Å². The van der Waals surface area contributed by atoms with E-state index in [9.17, 15) is 4.39 Å². The lowest BCUT2D eigenvalue weighted by Crippen LogP contribution is -1.98. The van der Waals surface area contributed by atoms with Crippen molar-refractivity contribution in [2.75, 3.05) is 5.73 Å². The van der Waals surface area contributed by atoms with Crippen molar-refractivity contribution >= 4 is 16.6 Å². The molecule has 15 heavy (non-hydrogen) atoms. The molecule has 0 aliphatic rings. The zero-order valence-corrected chi connectivity index (χ0v) is 9.21. The van der Waals surface area contributed by atoms with Crippen LogP contribution < -0.4 is 5.73 Å². The molecule has 0 bridgehead atoms. The van der Waals surface area contributed by atoms with Gasteiger partial charge in [-0.1, -0.05) is 38.1 Å². The molecule has 2 rings (SSSR count). The molecular weight excluding hydrogens is 191 g/mol. The van der Waals surface area contributed by atoms with Crippen molar-refractivity contribution in [1.29, 1.82) is 0 Å². The summed E-state index contributed by atoms with van der Waals surface area (Å²) in [5.74, 6) is -0.461. The lowest BCUT2D eigenvalue weighted by atomic mass is 10.1. The Morgan fingerprint density at radius 2 is 1.73 bits per heavy atom. The standard InChI is InChI=1S/C10H9FN2.C2H6.H2/c1-6-7-4-2-3-5-8(7)9(11)10(12)13-6;1-2;/h2-5H,1H3,(H2,12,13);1-2H3;1H. The average Bonchev–Trinajstić information content (AvgIpc) is 2.29. The smallest absolute Gasteiger partial charge is 0.173 e. The van der Waals surface area contributed by atoms with E-state index in [2.05, 4.69) is 4.98 Å². The predicted octanol–water partition coefficient (Wildman–Crippen LogP) is 3.54. The minimum Gasteiger partial charge on any atom is -0.381 e. The number of hydrogen-bond donors (Lipinski definition) is 1. The largest absolute Gasteiger partial charge is 0.381 e. The Kier molecular flexibility index (Phi) is 3.61. The molecule has 0 atom stereocenters. The summed E-state index contributed by atoms with van der Waals surface area (Å²) in [7, 11) is 0. The monoisotopic (exact) mass is 208 g/mol. The van der Waals surface area contributed by atoms with Gasteiger partial charge in [-0.3, -0.25) is 0 Å². The van der Waals surface area contributed by atoms with Gasteiger partial charge in [0.05, 0.1) is 0 Å². The average molecular weight is 208 g/mol. The summed E-state index contributed by atoms with van der Waals surface area (Å²) >= 11 is 0. The molecule has 0 saturated carbocycles. The number of pyridine rings is 1. The van der Waals surface area contributed by atoms with Gasteiger partial charge in [0.1, 0.15) is 0 Å². The Bertz CT molecular complexity index is 472. The number of aromatic nitrogens is 1. The summed E-state index contributed by atoms with van der Waals surface area (Å²) in [4.78, 5) is 3.90. The highest BCUT2D eigenvalue weighted by molar-refractivity contribution is 5.86. The molecule has 82 valence electrons. The SMILES string of the molecule is CC.Cc1nc(N)c(F)c2ccccc12.[HH]. The Morgan fingerprint density at radius 1 is 1.20 bits per heavy atom. The molecule has 0 radical (unpaired) electrons. The molecule has 2 nitrogen and oxygen atoms in total. The van der Waals surface area contributed by atoms with Crippen molar-refractivity contribution in [3.8, 4) is 0 Å². The van der Waals surface area contributed by atoms with Gasteiger partial charge in [0.15, 0.2) is 11.6 Å². The van der Waals surface area contributed by atoms with Gasteiger partial charge in [0.2, 0.25) is 0 Å². The molecule has 0 spiro atoms. The zero-order valence-electron chi connectivity index (χ0n) is 9.21. The van der Waals surface area contributed by atoms with Crippen molar-refractivity contribution < 1.29 is 5.82 Å². The van der Waals surface area contributed by atoms with Gasteiger partial charge in [-0.15, -0.1) is 0 Å². The van der Waals surface area contributed by atoms with Crippen molar-refractivity contribution in [2.24, 2.45) is 0 Å². The number of benzene rings is 1. The summed E-state index contributed by atoms with van der Waals surface area (Å²) in [5.41, 5.74) is 6.16. The van der Waals surface area contributed by atoms with E-state index in [1.807, 2.05) is 32.9 Å². The van der Waals surface area contributed by atoms with Crippen LogP contribution in [0.25, 0.3) is 10.8 Å². The predicted molar refractivity (Wildman–Crippen MR) is 64.3 cm³/mol. The minimum absolute atomic E-state index is 0. The summed E-state index contributed by atoms with van der Waals surface area (Å²) in [6.45, 7) is 5.82. The lowest BCUT2D eigenvalue weighted by molar-refractivity contribution is 0.639. The number of anilines is 1. The molecule has 1 heterocycles. The topological polar surface area (TPSA) is 38.9 Å². The van der Waals surface area contributed by atoms with Crippen molar-refractivity contribution in [3.63, 3.8) is 0 Å². The van der Waals surface area contributed by atoms with E-state index in [4.69, 9.17) is 5.73 Å². The first-order chi connectivity index (χ1) is 7.20. The molecule has 1 aromatic heterocycles. The second-order valence-electron chi connectivity index (χ2n) is 2.94. The van der Waals surface area contributed by atoms with Gasteiger partial charge in [-0.25, -0.2) is 9.37 Å². The van der Waals surface area contributed by atoms with Crippen LogP contribution in [-0.4, -0.2) is 4.98 Å². The Balaban J connectivity index is 0.000000711. The summed E-state index contributed by atoms with van der Waals surface area (Å²) in [6.07, 6.45) is 0. The molecule has 2 N–H and O–H groups in total. The van der Waals surface area contributed by atoms with E-state index in [0.29, 0.717) is 5.39 Å². The van der Waals surface area contributed by atoms with Gasteiger partial charge >= 0.3 is 0 Å². The van der Waals surface area contributed by atoms with Crippen LogP contribution in [0.4, 0.5) is 10.2 Å². The van der Waals surface area contributed by atoms with Gasteiger partial charge < -0.3 is 5.73 Å². The summed E-state index contributed by atoms with van der Waals surface area (Å²) < 4.78 is 13.4. The molecule has 0 aliphatic heterocycles. The fourth-order valence-electron chi connectivity index (χ4n) is 1.42. The van der Waals surface area contributed by atoms with Gasteiger partial charge in [0, 0.05) is 17.9 Å². The highest BCUT2D eigenvalue weighted by Crippen LogP contribution is 2.22. The van der Waals surface area contributed by atoms with Gasteiger partial charge in [-0.2, -0.15) is 0 Å². The number of hydrogen-bond acceptors (Lipinski definition) is 2. The maximum atomic E-state index is 13.4. The molecule has 0 fully saturated rings. The zero-order chi connectivity index (χ0) is 11.4. The third kappa shape index (κ3) is 2.06. The summed E-state index contributed by atoms with van der Waals surface area (Å²) in [6, 6.07) is 7.17. The third-order valence-corrected chi connectivity index (χ3v) is 2.07. The van der Waals surface area contributed by atoms with E-state index >= 15 is 0 Å². The van der Waals surface area contributed by atoms with Crippen molar-refractivity contribution in [1.82, 2.24) is 4.98 Å². The maximum Gasteiger partial charge on any atom is 0.173 e. The molecule has 0 saturated heterocycles. The second kappa shape index (κ2) is 4.73. The van der Waals surface area contributed by atoms with E-state index < -0.39 is 5.82 Å². The number of rotatable bonds is 0. The highest BCUT2D eigenvalue weighted by atomic mass is 19.1. The van der Waals surface area contributed by atoms with Crippen LogP contribution in [-0.2, 0) is 0 Å². The fourth-order valence-corrected chi connectivity index (χ4v) is 1.42. The number of nitrogens with zero attached hydrogens (tertiary/aromatic N) is 1. The third-order valence-electron chi connectivity index (χ3n) is 2.07. The highest BCUT2D eigenvalue weighted by Gasteiger charge is 2.07. The van der Waals surface area contributed by atoms with Crippen molar-refractivity contribution in [2.45, 2.75) is 20.8 Å². The number of aryl methyl sites for hydroxylation is 1. The molecule has 0 amide bonds. The minimum atomic E-state index is -0.429. The number of nitrogens with two attached hydrogens (primary N) is 1. The molecule has 3 heteroatoms. The quantitative estimate of drug-likeness (QED) is 0.719. The van der Waals surface area contributed by atoms with Gasteiger partial charge in [0.25, 0.3) is 0 Å². The fraction of sp³-hybridized carbons (Fsp3) is 0.250. The first kappa shape index (κ1) is 11.4. The Morgan fingerprint density at radius 3 is 2.33 bits per heavy atom.